The Balaban J connectivity index is 1.70. The third-order valence-corrected chi connectivity index (χ3v) is 7.58. The molecule has 0 spiro atoms. The van der Waals surface area contributed by atoms with E-state index in [-0.39, 0.29) is 5.60 Å². The SMILES string of the molecule is OC1(C2CCCC2)CCCCCCCCCCC1CN1CCCCC1. The smallest absolute Gasteiger partial charge is 0.0716 e. The Hall–Kier alpha value is -0.0800. The van der Waals surface area contributed by atoms with Gasteiger partial charge in [-0.05, 0) is 57.5 Å². The number of nitrogens with zero attached hydrogens (tertiary/aromatic N) is 1. The highest BCUT2D eigenvalue weighted by Crippen LogP contribution is 2.44. The van der Waals surface area contributed by atoms with E-state index in [9.17, 15) is 5.11 Å². The molecule has 0 aromatic heterocycles. The van der Waals surface area contributed by atoms with Gasteiger partial charge in [-0.15, -0.1) is 0 Å². The van der Waals surface area contributed by atoms with Gasteiger partial charge in [0.2, 0.25) is 0 Å². The minimum Gasteiger partial charge on any atom is -0.389 e. The van der Waals surface area contributed by atoms with Crippen LogP contribution in [0.25, 0.3) is 0 Å². The van der Waals surface area contributed by atoms with Crippen molar-refractivity contribution in [1.82, 2.24) is 4.90 Å². The molecule has 1 heterocycles. The first-order valence-corrected chi connectivity index (χ1v) is 11.7. The van der Waals surface area contributed by atoms with Gasteiger partial charge in [-0.25, -0.2) is 0 Å². The molecule has 2 unspecified atom stereocenters. The summed E-state index contributed by atoms with van der Waals surface area (Å²) in [5.74, 6) is 1.11. The van der Waals surface area contributed by atoms with Crippen LogP contribution in [-0.4, -0.2) is 35.2 Å². The minimum absolute atomic E-state index is 0.368. The summed E-state index contributed by atoms with van der Waals surface area (Å²) >= 11 is 0. The van der Waals surface area contributed by atoms with Crippen LogP contribution < -0.4 is 0 Å². The van der Waals surface area contributed by atoms with Crippen LogP contribution in [0.5, 0.6) is 0 Å². The molecule has 0 aromatic carbocycles. The highest BCUT2D eigenvalue weighted by atomic mass is 16.3. The van der Waals surface area contributed by atoms with Crippen molar-refractivity contribution < 1.29 is 5.11 Å². The van der Waals surface area contributed by atoms with E-state index >= 15 is 0 Å². The van der Waals surface area contributed by atoms with Gasteiger partial charge in [0.05, 0.1) is 5.60 Å². The van der Waals surface area contributed by atoms with E-state index in [1.165, 1.54) is 122 Å². The van der Waals surface area contributed by atoms with Gasteiger partial charge in [0.1, 0.15) is 0 Å². The van der Waals surface area contributed by atoms with Gasteiger partial charge in [-0.3, -0.25) is 0 Å². The summed E-state index contributed by atoms with van der Waals surface area (Å²) in [7, 11) is 0. The predicted molar refractivity (Wildman–Crippen MR) is 107 cm³/mol. The van der Waals surface area contributed by atoms with E-state index < -0.39 is 0 Å². The summed E-state index contributed by atoms with van der Waals surface area (Å²) in [6, 6.07) is 0. The van der Waals surface area contributed by atoms with E-state index in [1.807, 2.05) is 0 Å². The fourth-order valence-corrected chi connectivity index (χ4v) is 5.98. The molecule has 1 saturated heterocycles. The Morgan fingerprint density at radius 1 is 0.640 bits per heavy atom. The van der Waals surface area contributed by atoms with Gasteiger partial charge in [0.15, 0.2) is 0 Å². The molecular weight excluding hydrogens is 306 g/mol. The molecule has 3 rings (SSSR count). The first-order chi connectivity index (χ1) is 12.3. The van der Waals surface area contributed by atoms with Crippen LogP contribution in [0.1, 0.15) is 109 Å². The summed E-state index contributed by atoms with van der Waals surface area (Å²) < 4.78 is 0. The van der Waals surface area contributed by atoms with Crippen LogP contribution in [0, 0.1) is 11.8 Å². The second-order valence-corrected chi connectivity index (χ2v) is 9.40. The zero-order chi connectivity index (χ0) is 17.4. The molecule has 2 nitrogen and oxygen atoms in total. The second kappa shape index (κ2) is 10.3. The topological polar surface area (TPSA) is 23.5 Å². The lowest BCUT2D eigenvalue weighted by atomic mass is 9.70. The fraction of sp³-hybridized carbons (Fsp3) is 1.00. The lowest BCUT2D eigenvalue weighted by molar-refractivity contribution is -0.0897. The zero-order valence-corrected chi connectivity index (χ0v) is 16.7. The third kappa shape index (κ3) is 5.70. The maximum Gasteiger partial charge on any atom is 0.0716 e. The molecule has 0 bridgehead atoms. The molecule has 0 radical (unpaired) electrons. The van der Waals surface area contributed by atoms with Crippen LogP contribution in [0.2, 0.25) is 0 Å². The first kappa shape index (κ1) is 19.7. The molecular formula is C23H43NO. The standard InChI is InChI=1S/C23H43NO/c25-23(21-14-9-10-15-21)17-11-6-4-2-1-3-5-8-16-22(23)20-24-18-12-7-13-19-24/h21-22,25H,1-20H2. The quantitative estimate of drug-likeness (QED) is 0.683. The van der Waals surface area contributed by atoms with Gasteiger partial charge in [-0.1, -0.05) is 70.6 Å². The fourth-order valence-electron chi connectivity index (χ4n) is 5.98. The van der Waals surface area contributed by atoms with E-state index in [2.05, 4.69) is 4.90 Å². The van der Waals surface area contributed by atoms with Gasteiger partial charge < -0.3 is 10.0 Å². The summed E-state index contributed by atoms with van der Waals surface area (Å²) in [5, 5.41) is 12.0. The number of piperidine rings is 1. The van der Waals surface area contributed by atoms with Crippen molar-refractivity contribution in [2.75, 3.05) is 19.6 Å². The average Bonchev–Trinajstić information content (AvgIpc) is 3.17. The number of rotatable bonds is 3. The normalized spacial score (nSPS) is 35.2. The second-order valence-electron chi connectivity index (χ2n) is 9.40. The summed E-state index contributed by atoms with van der Waals surface area (Å²) in [4.78, 5) is 2.69. The largest absolute Gasteiger partial charge is 0.389 e. The zero-order valence-electron chi connectivity index (χ0n) is 16.7. The van der Waals surface area contributed by atoms with Crippen LogP contribution in [-0.2, 0) is 0 Å². The lowest BCUT2D eigenvalue weighted by Gasteiger charge is -2.44. The van der Waals surface area contributed by atoms with Crippen molar-refractivity contribution in [2.45, 2.75) is 115 Å². The number of aliphatic hydroxyl groups is 1. The van der Waals surface area contributed by atoms with Gasteiger partial charge >= 0.3 is 0 Å². The molecule has 1 aliphatic heterocycles. The summed E-state index contributed by atoms with van der Waals surface area (Å²) in [5.41, 5.74) is -0.368. The van der Waals surface area contributed by atoms with Gasteiger partial charge in [0.25, 0.3) is 0 Å². The maximum atomic E-state index is 12.0. The molecule has 146 valence electrons. The molecule has 1 N–H and O–H groups in total. The van der Waals surface area contributed by atoms with Crippen LogP contribution >= 0.6 is 0 Å². The monoisotopic (exact) mass is 349 g/mol. The molecule has 2 heteroatoms. The summed E-state index contributed by atoms with van der Waals surface area (Å²) in [6.45, 7) is 3.72. The van der Waals surface area contributed by atoms with Crippen molar-refractivity contribution >= 4 is 0 Å². The van der Waals surface area contributed by atoms with Crippen molar-refractivity contribution in [3.63, 3.8) is 0 Å². The van der Waals surface area contributed by atoms with E-state index in [1.54, 1.807) is 0 Å². The Bertz CT molecular complexity index is 359. The van der Waals surface area contributed by atoms with Crippen molar-refractivity contribution in [3.8, 4) is 0 Å². The van der Waals surface area contributed by atoms with Crippen molar-refractivity contribution in [2.24, 2.45) is 11.8 Å². The van der Waals surface area contributed by atoms with Crippen LogP contribution in [0.3, 0.4) is 0 Å². The number of hydrogen-bond acceptors (Lipinski definition) is 2. The van der Waals surface area contributed by atoms with E-state index in [4.69, 9.17) is 0 Å². The van der Waals surface area contributed by atoms with Crippen molar-refractivity contribution in [1.29, 1.82) is 0 Å². The molecule has 3 aliphatic rings. The first-order valence-electron chi connectivity index (χ1n) is 11.7. The average molecular weight is 350 g/mol. The molecule has 25 heavy (non-hydrogen) atoms. The molecule has 2 saturated carbocycles. The van der Waals surface area contributed by atoms with Crippen LogP contribution in [0.15, 0.2) is 0 Å². The maximum absolute atomic E-state index is 12.0. The molecule has 2 aliphatic carbocycles. The van der Waals surface area contributed by atoms with E-state index in [0.717, 1.165) is 6.42 Å². The number of likely N-dealkylation sites (tertiary alicyclic amines) is 1. The Labute approximate surface area is 156 Å². The highest BCUT2D eigenvalue weighted by Gasteiger charge is 2.44. The predicted octanol–water partition coefficient (Wildman–Crippen LogP) is 5.92. The lowest BCUT2D eigenvalue weighted by Crippen LogP contribution is -2.50. The molecule has 2 atom stereocenters. The molecule has 0 aromatic rings. The van der Waals surface area contributed by atoms with Crippen LogP contribution in [0.4, 0.5) is 0 Å². The van der Waals surface area contributed by atoms with Gasteiger partial charge in [0, 0.05) is 12.5 Å². The summed E-state index contributed by atoms with van der Waals surface area (Å²) in [6.07, 6.45) is 22.7. The molecule has 0 amide bonds. The number of hydrogen-bond donors (Lipinski definition) is 1. The third-order valence-electron chi connectivity index (χ3n) is 7.58. The Morgan fingerprint density at radius 2 is 1.16 bits per heavy atom. The minimum atomic E-state index is -0.368. The molecule has 3 fully saturated rings. The Kier molecular flexibility index (Phi) is 8.11. The van der Waals surface area contributed by atoms with Crippen molar-refractivity contribution in [3.05, 3.63) is 0 Å². The van der Waals surface area contributed by atoms with E-state index in [0.29, 0.717) is 11.8 Å². The Morgan fingerprint density at radius 3 is 1.84 bits per heavy atom. The highest BCUT2D eigenvalue weighted by molar-refractivity contribution is 4.96. The van der Waals surface area contributed by atoms with Gasteiger partial charge in [-0.2, -0.15) is 0 Å².